The van der Waals surface area contributed by atoms with Gasteiger partial charge in [-0.05, 0) is 31.7 Å². The zero-order valence-electron chi connectivity index (χ0n) is 11.3. The number of rotatable bonds is 4. The Bertz CT molecular complexity index is 428. The minimum Gasteiger partial charge on any atom is -0.481 e. The van der Waals surface area contributed by atoms with Crippen LogP contribution in [0.2, 0.25) is 0 Å². The maximum absolute atomic E-state index is 12.1. The van der Waals surface area contributed by atoms with Gasteiger partial charge >= 0.3 is 0 Å². The van der Waals surface area contributed by atoms with Gasteiger partial charge in [0.2, 0.25) is 11.8 Å². The largest absolute Gasteiger partial charge is 0.481 e. The molecule has 1 aromatic heterocycles. The molecular formula is C14H21N3O2. The van der Waals surface area contributed by atoms with Gasteiger partial charge in [0.15, 0.2) is 0 Å². The lowest BCUT2D eigenvalue weighted by molar-refractivity contribution is -0.126. The number of amides is 1. The number of carbonyl (C=O) groups is 1. The van der Waals surface area contributed by atoms with Gasteiger partial charge in [0.05, 0.1) is 7.11 Å². The highest BCUT2D eigenvalue weighted by Crippen LogP contribution is 2.23. The van der Waals surface area contributed by atoms with Crippen molar-refractivity contribution >= 4 is 5.91 Å². The Morgan fingerprint density at radius 2 is 2.21 bits per heavy atom. The Hall–Kier alpha value is -1.62. The van der Waals surface area contributed by atoms with E-state index in [1.807, 2.05) is 12.1 Å². The molecule has 3 N–H and O–H groups in total. The maximum Gasteiger partial charge on any atom is 0.223 e. The van der Waals surface area contributed by atoms with Crippen LogP contribution in [0.25, 0.3) is 0 Å². The zero-order chi connectivity index (χ0) is 13.7. The first-order valence-corrected chi connectivity index (χ1v) is 6.72. The first-order chi connectivity index (χ1) is 9.20. The van der Waals surface area contributed by atoms with Crippen molar-refractivity contribution in [2.75, 3.05) is 7.11 Å². The van der Waals surface area contributed by atoms with Crippen molar-refractivity contribution in [3.8, 4) is 5.88 Å². The van der Waals surface area contributed by atoms with Gasteiger partial charge in [0.25, 0.3) is 0 Å². The zero-order valence-corrected chi connectivity index (χ0v) is 11.3. The van der Waals surface area contributed by atoms with Crippen LogP contribution in [0.15, 0.2) is 18.3 Å². The molecule has 5 heteroatoms. The van der Waals surface area contributed by atoms with E-state index in [0.29, 0.717) is 12.4 Å². The van der Waals surface area contributed by atoms with Gasteiger partial charge in [-0.15, -0.1) is 0 Å². The molecule has 0 unspecified atom stereocenters. The molecule has 19 heavy (non-hydrogen) atoms. The molecule has 1 aromatic rings. The fraction of sp³-hybridized carbons (Fsp3) is 0.571. The van der Waals surface area contributed by atoms with E-state index >= 15 is 0 Å². The number of carbonyl (C=O) groups excluding carboxylic acids is 1. The van der Waals surface area contributed by atoms with E-state index in [1.165, 1.54) is 0 Å². The van der Waals surface area contributed by atoms with Gasteiger partial charge in [-0.3, -0.25) is 4.79 Å². The standard InChI is InChI=1S/C14H21N3O2/c1-19-14-11(3-2-8-16-14)9-17-13(18)10-4-6-12(15)7-5-10/h2-3,8,10,12H,4-7,9,15H2,1H3,(H,17,18). The number of nitrogens with zero attached hydrogens (tertiary/aromatic N) is 1. The van der Waals surface area contributed by atoms with Crippen LogP contribution in [0.5, 0.6) is 5.88 Å². The summed E-state index contributed by atoms with van der Waals surface area (Å²) < 4.78 is 5.16. The molecule has 104 valence electrons. The quantitative estimate of drug-likeness (QED) is 0.856. The number of aromatic nitrogens is 1. The second kappa shape index (κ2) is 6.52. The van der Waals surface area contributed by atoms with Crippen LogP contribution < -0.4 is 15.8 Å². The predicted molar refractivity (Wildman–Crippen MR) is 72.6 cm³/mol. The predicted octanol–water partition coefficient (Wildman–Crippen LogP) is 1.22. The molecular weight excluding hydrogens is 242 g/mol. The molecule has 1 amide bonds. The summed E-state index contributed by atoms with van der Waals surface area (Å²) in [5.41, 5.74) is 6.74. The Labute approximate surface area is 113 Å². The molecule has 1 aliphatic rings. The normalized spacial score (nSPS) is 22.8. The summed E-state index contributed by atoms with van der Waals surface area (Å²) in [6.45, 7) is 0.457. The summed E-state index contributed by atoms with van der Waals surface area (Å²) in [4.78, 5) is 16.2. The van der Waals surface area contributed by atoms with Crippen LogP contribution >= 0.6 is 0 Å². The number of nitrogens with two attached hydrogens (primary N) is 1. The third kappa shape index (κ3) is 3.67. The summed E-state index contributed by atoms with van der Waals surface area (Å²) >= 11 is 0. The lowest BCUT2D eigenvalue weighted by Gasteiger charge is -2.25. The third-order valence-corrected chi connectivity index (χ3v) is 3.64. The highest BCUT2D eigenvalue weighted by molar-refractivity contribution is 5.78. The van der Waals surface area contributed by atoms with Gasteiger partial charge in [0, 0.05) is 30.3 Å². The van der Waals surface area contributed by atoms with Crippen molar-refractivity contribution in [2.24, 2.45) is 11.7 Å². The van der Waals surface area contributed by atoms with Crippen molar-refractivity contribution in [1.82, 2.24) is 10.3 Å². The van der Waals surface area contributed by atoms with Crippen molar-refractivity contribution in [2.45, 2.75) is 38.3 Å². The average Bonchev–Trinajstić information content (AvgIpc) is 2.45. The van der Waals surface area contributed by atoms with Gasteiger partial charge < -0.3 is 15.8 Å². The molecule has 0 aliphatic heterocycles. The summed E-state index contributed by atoms with van der Waals surface area (Å²) in [7, 11) is 1.58. The van der Waals surface area contributed by atoms with Crippen LogP contribution in [0, 0.1) is 5.92 Å². The lowest BCUT2D eigenvalue weighted by atomic mass is 9.86. The van der Waals surface area contributed by atoms with Crippen LogP contribution in [0.4, 0.5) is 0 Å². The second-order valence-electron chi connectivity index (χ2n) is 5.00. The van der Waals surface area contributed by atoms with Gasteiger partial charge in [-0.1, -0.05) is 6.07 Å². The molecule has 0 bridgehead atoms. The van der Waals surface area contributed by atoms with Crippen LogP contribution in [0.1, 0.15) is 31.2 Å². The third-order valence-electron chi connectivity index (χ3n) is 3.64. The van der Waals surface area contributed by atoms with E-state index in [-0.39, 0.29) is 17.9 Å². The second-order valence-corrected chi connectivity index (χ2v) is 5.00. The molecule has 1 fully saturated rings. The molecule has 0 aromatic carbocycles. The Kier molecular flexibility index (Phi) is 4.74. The SMILES string of the molecule is COc1ncccc1CNC(=O)C1CCC(N)CC1. The van der Waals surface area contributed by atoms with E-state index in [4.69, 9.17) is 10.5 Å². The highest BCUT2D eigenvalue weighted by atomic mass is 16.5. The van der Waals surface area contributed by atoms with Crippen LogP contribution in [0.3, 0.4) is 0 Å². The topological polar surface area (TPSA) is 77.2 Å². The van der Waals surface area contributed by atoms with Gasteiger partial charge in [-0.25, -0.2) is 4.98 Å². The number of nitrogens with one attached hydrogen (secondary N) is 1. The number of pyridine rings is 1. The average molecular weight is 263 g/mol. The summed E-state index contributed by atoms with van der Waals surface area (Å²) in [5, 5.41) is 2.96. The van der Waals surface area contributed by atoms with E-state index in [1.54, 1.807) is 13.3 Å². The number of hydrogen-bond acceptors (Lipinski definition) is 4. The Morgan fingerprint density at radius 1 is 1.47 bits per heavy atom. The van der Waals surface area contributed by atoms with Crippen molar-refractivity contribution in [3.63, 3.8) is 0 Å². The monoisotopic (exact) mass is 263 g/mol. The summed E-state index contributed by atoms with van der Waals surface area (Å²) in [6, 6.07) is 4.01. The molecule has 0 atom stereocenters. The minimum atomic E-state index is 0.0995. The maximum atomic E-state index is 12.1. The Morgan fingerprint density at radius 3 is 2.89 bits per heavy atom. The van der Waals surface area contributed by atoms with Crippen molar-refractivity contribution in [1.29, 1.82) is 0 Å². The molecule has 0 radical (unpaired) electrons. The van der Waals surface area contributed by atoms with Crippen molar-refractivity contribution < 1.29 is 9.53 Å². The molecule has 1 heterocycles. The number of ether oxygens (including phenoxy) is 1. The Balaban J connectivity index is 1.86. The fourth-order valence-electron chi connectivity index (χ4n) is 2.45. The highest BCUT2D eigenvalue weighted by Gasteiger charge is 2.24. The molecule has 2 rings (SSSR count). The summed E-state index contributed by atoms with van der Waals surface area (Å²) in [5.74, 6) is 0.772. The van der Waals surface area contributed by atoms with E-state index in [2.05, 4.69) is 10.3 Å². The molecule has 0 spiro atoms. The van der Waals surface area contributed by atoms with Gasteiger partial charge in [-0.2, -0.15) is 0 Å². The van der Waals surface area contributed by atoms with Crippen molar-refractivity contribution in [3.05, 3.63) is 23.9 Å². The minimum absolute atomic E-state index is 0.0995. The van der Waals surface area contributed by atoms with E-state index < -0.39 is 0 Å². The number of hydrogen-bond donors (Lipinski definition) is 2. The van der Waals surface area contributed by atoms with Crippen LogP contribution in [-0.2, 0) is 11.3 Å². The molecule has 1 aliphatic carbocycles. The summed E-state index contributed by atoms with van der Waals surface area (Å²) in [6.07, 6.45) is 5.32. The fourth-order valence-corrected chi connectivity index (χ4v) is 2.45. The smallest absolute Gasteiger partial charge is 0.223 e. The first kappa shape index (κ1) is 13.8. The molecule has 1 saturated carbocycles. The molecule has 0 saturated heterocycles. The first-order valence-electron chi connectivity index (χ1n) is 6.72. The van der Waals surface area contributed by atoms with Crippen LogP contribution in [-0.4, -0.2) is 24.0 Å². The number of methoxy groups -OCH3 is 1. The van der Waals surface area contributed by atoms with E-state index in [0.717, 1.165) is 31.2 Å². The van der Waals surface area contributed by atoms with E-state index in [9.17, 15) is 4.79 Å². The molecule has 5 nitrogen and oxygen atoms in total. The van der Waals surface area contributed by atoms with Gasteiger partial charge in [0.1, 0.15) is 0 Å². The lowest BCUT2D eigenvalue weighted by Crippen LogP contribution is -2.36.